The summed E-state index contributed by atoms with van der Waals surface area (Å²) in [6.45, 7) is 11.9. The summed E-state index contributed by atoms with van der Waals surface area (Å²) in [7, 11) is 0. The van der Waals surface area contributed by atoms with Gasteiger partial charge in [0.2, 0.25) is 0 Å². The predicted molar refractivity (Wildman–Crippen MR) is 251 cm³/mol. The van der Waals surface area contributed by atoms with Crippen molar-refractivity contribution in [1.29, 1.82) is 0 Å². The molecule has 1 aliphatic rings. The summed E-state index contributed by atoms with van der Waals surface area (Å²) in [5.74, 6) is 4.00. The molecule has 0 radical (unpaired) electrons. The zero-order valence-corrected chi connectivity index (χ0v) is 39.3. The van der Waals surface area contributed by atoms with Crippen LogP contribution in [0.25, 0.3) is 0 Å². The van der Waals surface area contributed by atoms with Gasteiger partial charge in [0.1, 0.15) is 23.0 Å². The van der Waals surface area contributed by atoms with Gasteiger partial charge in [0.15, 0.2) is 0 Å². The molecule has 0 amide bonds. The molecule has 316 valence electrons. The van der Waals surface area contributed by atoms with Crippen LogP contribution >= 0.6 is 31.9 Å². The van der Waals surface area contributed by atoms with Crippen LogP contribution in [0.4, 0.5) is 0 Å². The number of rotatable bonds is 24. The van der Waals surface area contributed by atoms with E-state index in [-0.39, 0.29) is 0 Å². The van der Waals surface area contributed by atoms with Crippen molar-refractivity contribution in [1.82, 2.24) is 0 Å². The van der Waals surface area contributed by atoms with E-state index in [2.05, 4.69) is 120 Å². The highest BCUT2D eigenvalue weighted by molar-refractivity contribution is 9.10. The molecule has 0 unspecified atom stereocenters. The Bertz CT molecular complexity index is 1610. The van der Waals surface area contributed by atoms with E-state index in [9.17, 15) is 0 Å². The molecular formula is C52H70Br2O4. The lowest BCUT2D eigenvalue weighted by Gasteiger charge is -2.23. The standard InChI is InChI=1S/C52H70Br2O4/c1-5-9-13-17-27-55-49-39-23-21-24-40(49)32-44-36-48(54)38-46(52(44)58-30-20-16-12-8-4)34-42-26-22-25-41(50(42)56-28-18-14-10-6-2)33-45-37-47(53)35-43(31-39)51(45)57-29-19-15-11-7-3/h21-26,35-38H,5-20,27-34H2,1-4H3. The molecule has 0 saturated heterocycles. The van der Waals surface area contributed by atoms with Crippen molar-refractivity contribution in [3.8, 4) is 23.0 Å². The summed E-state index contributed by atoms with van der Waals surface area (Å²) in [6, 6.07) is 22.5. The maximum Gasteiger partial charge on any atom is 0.126 e. The van der Waals surface area contributed by atoms with E-state index in [1.165, 1.54) is 122 Å². The second-order valence-corrected chi connectivity index (χ2v) is 18.1. The van der Waals surface area contributed by atoms with Crippen LogP contribution in [0, 0.1) is 0 Å². The van der Waals surface area contributed by atoms with Crippen molar-refractivity contribution in [3.05, 3.63) is 114 Å². The van der Waals surface area contributed by atoms with Crippen molar-refractivity contribution in [2.24, 2.45) is 0 Å². The third kappa shape index (κ3) is 14.1. The minimum atomic E-state index is 0.702. The van der Waals surface area contributed by atoms with Crippen LogP contribution in [0.1, 0.15) is 175 Å². The highest BCUT2D eigenvalue weighted by atomic mass is 79.9. The van der Waals surface area contributed by atoms with Gasteiger partial charge >= 0.3 is 0 Å². The van der Waals surface area contributed by atoms with Gasteiger partial charge in [-0.25, -0.2) is 0 Å². The van der Waals surface area contributed by atoms with Crippen LogP contribution in [-0.4, -0.2) is 26.4 Å². The number of hydrogen-bond acceptors (Lipinski definition) is 4. The van der Waals surface area contributed by atoms with Gasteiger partial charge in [-0.2, -0.15) is 0 Å². The smallest absolute Gasteiger partial charge is 0.126 e. The van der Waals surface area contributed by atoms with Crippen LogP contribution < -0.4 is 18.9 Å². The Morgan fingerprint density at radius 3 is 0.828 bits per heavy atom. The second-order valence-electron chi connectivity index (χ2n) is 16.3. The van der Waals surface area contributed by atoms with Crippen LogP contribution in [-0.2, 0) is 25.7 Å². The Balaban J connectivity index is 1.68. The molecule has 0 aliphatic heterocycles. The summed E-state index contributed by atoms with van der Waals surface area (Å²) in [5, 5.41) is 0. The lowest BCUT2D eigenvalue weighted by atomic mass is 9.91. The van der Waals surface area contributed by atoms with E-state index < -0.39 is 0 Å². The Hall–Kier alpha value is -2.96. The summed E-state index contributed by atoms with van der Waals surface area (Å²) in [6.07, 6.45) is 21.4. The van der Waals surface area contributed by atoms with E-state index in [0.29, 0.717) is 52.1 Å². The van der Waals surface area contributed by atoms with Gasteiger partial charge < -0.3 is 18.9 Å². The van der Waals surface area contributed by atoms with Gasteiger partial charge in [0, 0.05) is 56.9 Å². The molecule has 58 heavy (non-hydrogen) atoms. The molecule has 0 heterocycles. The third-order valence-corrected chi connectivity index (χ3v) is 12.2. The lowest BCUT2D eigenvalue weighted by Crippen LogP contribution is -2.10. The first kappa shape index (κ1) is 46.1. The van der Waals surface area contributed by atoms with Gasteiger partial charge in [0.25, 0.3) is 0 Å². The van der Waals surface area contributed by atoms with Gasteiger partial charge in [-0.05, 0) is 72.2 Å². The van der Waals surface area contributed by atoms with Crippen molar-refractivity contribution >= 4 is 31.9 Å². The molecular weight excluding hydrogens is 848 g/mol. The van der Waals surface area contributed by atoms with Crippen LogP contribution in [0.3, 0.4) is 0 Å². The van der Waals surface area contributed by atoms with Crippen molar-refractivity contribution in [2.75, 3.05) is 26.4 Å². The number of benzene rings is 4. The Labute approximate surface area is 368 Å². The Morgan fingerprint density at radius 2 is 0.586 bits per heavy atom. The SMILES string of the molecule is CCCCCCOc1c2cccc1Cc1cc(Br)cc(c1OCCCCCC)Cc1cccc(c1OCCCCCC)Cc1cc(Br)cc(c1OCCCCCC)C2. The number of unbranched alkanes of at least 4 members (excludes halogenated alkanes) is 12. The quantitative estimate of drug-likeness (QED) is 0.0578. The highest BCUT2D eigenvalue weighted by Crippen LogP contribution is 2.41. The molecule has 0 saturated carbocycles. The number of hydrogen-bond donors (Lipinski definition) is 0. The van der Waals surface area contributed by atoms with E-state index in [4.69, 9.17) is 18.9 Å². The molecule has 1 aliphatic carbocycles. The lowest BCUT2D eigenvalue weighted by molar-refractivity contribution is 0.293. The highest BCUT2D eigenvalue weighted by Gasteiger charge is 2.23. The molecule has 6 heteroatoms. The molecule has 0 aromatic heterocycles. The number of fused-ring (bicyclic) bond motifs is 8. The Morgan fingerprint density at radius 1 is 0.345 bits per heavy atom. The number of halogens is 2. The fourth-order valence-electron chi connectivity index (χ4n) is 8.16. The monoisotopic (exact) mass is 916 g/mol. The number of ether oxygens (including phenoxy) is 4. The van der Waals surface area contributed by atoms with Crippen LogP contribution in [0.5, 0.6) is 23.0 Å². The largest absolute Gasteiger partial charge is 0.493 e. The third-order valence-electron chi connectivity index (χ3n) is 11.3. The van der Waals surface area contributed by atoms with Gasteiger partial charge in [-0.1, -0.05) is 173 Å². The fourth-order valence-corrected chi connectivity index (χ4v) is 9.26. The van der Waals surface area contributed by atoms with Gasteiger partial charge in [-0.15, -0.1) is 0 Å². The Kier molecular flexibility index (Phi) is 20.4. The van der Waals surface area contributed by atoms with Crippen LogP contribution in [0.2, 0.25) is 0 Å². The molecule has 0 atom stereocenters. The average Bonchev–Trinajstić information content (AvgIpc) is 3.20. The maximum atomic E-state index is 6.89. The fraction of sp³-hybridized carbons (Fsp3) is 0.538. The normalized spacial score (nSPS) is 12.4. The zero-order valence-electron chi connectivity index (χ0n) is 36.1. The molecule has 0 N–H and O–H groups in total. The van der Waals surface area contributed by atoms with Crippen LogP contribution in [0.15, 0.2) is 69.6 Å². The summed E-state index contributed by atoms with van der Waals surface area (Å²) < 4.78 is 29.7. The van der Waals surface area contributed by atoms with Gasteiger partial charge in [-0.3, -0.25) is 0 Å². The molecule has 0 fully saturated rings. The summed E-state index contributed by atoms with van der Waals surface area (Å²) >= 11 is 7.89. The van der Waals surface area contributed by atoms with Crippen molar-refractivity contribution < 1.29 is 18.9 Å². The first-order valence-electron chi connectivity index (χ1n) is 22.8. The molecule has 4 aromatic carbocycles. The van der Waals surface area contributed by atoms with E-state index in [1.807, 2.05) is 0 Å². The predicted octanol–water partition coefficient (Wildman–Crippen LogP) is 15.7. The van der Waals surface area contributed by atoms with E-state index >= 15 is 0 Å². The summed E-state index contributed by atoms with van der Waals surface area (Å²) in [4.78, 5) is 0. The number of para-hydroxylation sites is 2. The van der Waals surface area contributed by atoms with Crippen molar-refractivity contribution in [2.45, 2.75) is 156 Å². The zero-order chi connectivity index (χ0) is 41.0. The second kappa shape index (κ2) is 25.6. The summed E-state index contributed by atoms with van der Waals surface area (Å²) in [5.41, 5.74) is 9.48. The minimum Gasteiger partial charge on any atom is -0.493 e. The molecule has 4 aromatic rings. The first-order chi connectivity index (χ1) is 28.4. The van der Waals surface area contributed by atoms with Crippen molar-refractivity contribution in [3.63, 3.8) is 0 Å². The molecule has 5 rings (SSSR count). The average molecular weight is 919 g/mol. The first-order valence-corrected chi connectivity index (χ1v) is 24.4. The van der Waals surface area contributed by atoms with E-state index in [0.717, 1.165) is 57.6 Å². The molecule has 4 nitrogen and oxygen atoms in total. The maximum absolute atomic E-state index is 6.89. The molecule has 8 bridgehead atoms. The topological polar surface area (TPSA) is 36.9 Å². The minimum absolute atomic E-state index is 0.702. The van der Waals surface area contributed by atoms with E-state index in [1.54, 1.807) is 0 Å². The molecule has 0 spiro atoms. The van der Waals surface area contributed by atoms with Gasteiger partial charge in [0.05, 0.1) is 26.4 Å².